The number of halogens is 3. The Morgan fingerprint density at radius 2 is 1.68 bits per heavy atom. The van der Waals surface area contributed by atoms with Gasteiger partial charge in [-0.25, -0.2) is 0 Å². The minimum atomic E-state index is -0.581. The van der Waals surface area contributed by atoms with Crippen molar-refractivity contribution in [1.29, 1.82) is 0 Å². The third-order valence-corrected chi connectivity index (χ3v) is 8.10. The van der Waals surface area contributed by atoms with Crippen molar-refractivity contribution in [2.75, 3.05) is 5.75 Å². The normalized spacial score (nSPS) is 15.1. The van der Waals surface area contributed by atoms with E-state index >= 15 is 0 Å². The number of carbonyl (C=O) groups excluding carboxylic acids is 2. The molecule has 184 valence electrons. The fraction of sp³-hybridized carbons (Fsp3) is 0.462. The third kappa shape index (κ3) is 7.81. The second-order valence-corrected chi connectivity index (χ2v) is 11.0. The van der Waals surface area contributed by atoms with E-state index in [1.807, 2.05) is 31.2 Å². The number of thioether (sulfide) groups is 1. The Kier molecular flexibility index (Phi) is 10.9. The molecular weight excluding hydrogens is 511 g/mol. The fourth-order valence-corrected chi connectivity index (χ4v) is 5.73. The number of benzene rings is 2. The van der Waals surface area contributed by atoms with Gasteiger partial charge in [0.1, 0.15) is 6.04 Å². The fourth-order valence-electron chi connectivity index (χ4n) is 4.25. The molecule has 1 aliphatic rings. The van der Waals surface area contributed by atoms with Crippen LogP contribution in [0.3, 0.4) is 0 Å². The summed E-state index contributed by atoms with van der Waals surface area (Å²) < 4.78 is 0. The predicted molar refractivity (Wildman–Crippen MR) is 143 cm³/mol. The van der Waals surface area contributed by atoms with Gasteiger partial charge < -0.3 is 10.2 Å². The Labute approximate surface area is 221 Å². The zero-order valence-electron chi connectivity index (χ0n) is 19.4. The van der Waals surface area contributed by atoms with Crippen molar-refractivity contribution in [3.05, 3.63) is 63.1 Å². The van der Waals surface area contributed by atoms with Crippen LogP contribution in [0.1, 0.15) is 57.4 Å². The first kappa shape index (κ1) is 27.2. The highest BCUT2D eigenvalue weighted by atomic mass is 35.5. The molecule has 34 heavy (non-hydrogen) atoms. The molecule has 1 atom stereocenters. The highest BCUT2D eigenvalue weighted by Gasteiger charge is 2.31. The Bertz CT molecular complexity index is 945. The lowest BCUT2D eigenvalue weighted by atomic mass is 9.95. The van der Waals surface area contributed by atoms with E-state index in [0.717, 1.165) is 30.6 Å². The topological polar surface area (TPSA) is 49.4 Å². The van der Waals surface area contributed by atoms with Crippen LogP contribution in [-0.4, -0.2) is 34.6 Å². The van der Waals surface area contributed by atoms with Gasteiger partial charge in [-0.3, -0.25) is 9.59 Å². The van der Waals surface area contributed by atoms with E-state index in [0.29, 0.717) is 39.2 Å². The van der Waals surface area contributed by atoms with Gasteiger partial charge in [-0.15, -0.1) is 11.8 Å². The van der Waals surface area contributed by atoms with Crippen LogP contribution < -0.4 is 5.32 Å². The molecule has 0 aliphatic heterocycles. The molecule has 0 bridgehead atoms. The number of nitrogens with one attached hydrogen (secondary N) is 1. The number of carbonyl (C=O) groups is 2. The lowest BCUT2D eigenvalue weighted by Crippen LogP contribution is -2.51. The van der Waals surface area contributed by atoms with Gasteiger partial charge in [-0.05, 0) is 55.7 Å². The number of hydrogen-bond donors (Lipinski definition) is 1. The summed E-state index contributed by atoms with van der Waals surface area (Å²) in [5.74, 6) is 0.396. The quantitative estimate of drug-likeness (QED) is 0.319. The molecular formula is C26H31Cl3N2O2S. The van der Waals surface area contributed by atoms with E-state index in [9.17, 15) is 9.59 Å². The van der Waals surface area contributed by atoms with E-state index in [2.05, 4.69) is 5.32 Å². The van der Waals surface area contributed by atoms with Crippen LogP contribution in [0.15, 0.2) is 47.4 Å². The molecule has 0 heterocycles. The first-order chi connectivity index (χ1) is 16.4. The van der Waals surface area contributed by atoms with Gasteiger partial charge in [-0.2, -0.15) is 0 Å². The summed E-state index contributed by atoms with van der Waals surface area (Å²) in [7, 11) is 0. The van der Waals surface area contributed by atoms with Crippen molar-refractivity contribution in [1.82, 2.24) is 10.2 Å². The SMILES string of the molecule is CC[C@H](C(=O)NC1CCCCC1)N(Cc1c(Cl)cccc1Cl)C(=O)CCSc1ccc(Cl)cc1. The molecule has 4 nitrogen and oxygen atoms in total. The van der Waals surface area contributed by atoms with Crippen molar-refractivity contribution in [2.45, 2.75) is 75.4 Å². The molecule has 0 saturated heterocycles. The summed E-state index contributed by atoms with van der Waals surface area (Å²) in [6.45, 7) is 2.13. The molecule has 0 unspecified atom stereocenters. The molecule has 1 fully saturated rings. The number of hydrogen-bond acceptors (Lipinski definition) is 3. The van der Waals surface area contributed by atoms with Gasteiger partial charge in [0, 0.05) is 50.3 Å². The van der Waals surface area contributed by atoms with E-state index in [-0.39, 0.29) is 24.4 Å². The van der Waals surface area contributed by atoms with Crippen molar-refractivity contribution in [3.63, 3.8) is 0 Å². The van der Waals surface area contributed by atoms with Gasteiger partial charge in [0.25, 0.3) is 0 Å². The lowest BCUT2D eigenvalue weighted by Gasteiger charge is -2.33. The monoisotopic (exact) mass is 540 g/mol. The molecule has 1 saturated carbocycles. The van der Waals surface area contributed by atoms with Crippen molar-refractivity contribution >= 4 is 58.4 Å². The molecule has 2 aromatic carbocycles. The van der Waals surface area contributed by atoms with Gasteiger partial charge in [-0.1, -0.05) is 67.1 Å². The second kappa shape index (κ2) is 13.6. The summed E-state index contributed by atoms with van der Waals surface area (Å²) in [6.07, 6.45) is 6.25. The highest BCUT2D eigenvalue weighted by Crippen LogP contribution is 2.28. The van der Waals surface area contributed by atoms with E-state index in [1.165, 1.54) is 6.42 Å². The van der Waals surface area contributed by atoms with Crippen LogP contribution in [-0.2, 0) is 16.1 Å². The average Bonchev–Trinajstić information content (AvgIpc) is 2.82. The Balaban J connectivity index is 1.74. The second-order valence-electron chi connectivity index (χ2n) is 8.54. The van der Waals surface area contributed by atoms with Crippen LogP contribution >= 0.6 is 46.6 Å². The van der Waals surface area contributed by atoms with Crippen LogP contribution in [0, 0.1) is 0 Å². The Morgan fingerprint density at radius 1 is 1.03 bits per heavy atom. The molecule has 1 aliphatic carbocycles. The molecule has 0 aromatic heterocycles. The number of nitrogens with zero attached hydrogens (tertiary/aromatic N) is 1. The smallest absolute Gasteiger partial charge is 0.243 e. The lowest BCUT2D eigenvalue weighted by molar-refractivity contribution is -0.141. The van der Waals surface area contributed by atoms with E-state index < -0.39 is 6.04 Å². The summed E-state index contributed by atoms with van der Waals surface area (Å²) >= 11 is 20.4. The number of rotatable bonds is 10. The first-order valence-electron chi connectivity index (χ1n) is 11.8. The molecule has 2 aromatic rings. The highest BCUT2D eigenvalue weighted by molar-refractivity contribution is 7.99. The van der Waals surface area contributed by atoms with Crippen molar-refractivity contribution in [3.8, 4) is 0 Å². The molecule has 0 spiro atoms. The largest absolute Gasteiger partial charge is 0.352 e. The van der Waals surface area contributed by atoms with Crippen LogP contribution in [0.4, 0.5) is 0 Å². The van der Waals surface area contributed by atoms with Crippen LogP contribution in [0.2, 0.25) is 15.1 Å². The molecule has 2 amide bonds. The zero-order valence-corrected chi connectivity index (χ0v) is 22.5. The van der Waals surface area contributed by atoms with Crippen LogP contribution in [0.25, 0.3) is 0 Å². The Hall–Kier alpha value is -1.40. The average molecular weight is 542 g/mol. The van der Waals surface area contributed by atoms with Crippen LogP contribution in [0.5, 0.6) is 0 Å². The van der Waals surface area contributed by atoms with Crippen molar-refractivity contribution in [2.24, 2.45) is 0 Å². The van der Waals surface area contributed by atoms with Gasteiger partial charge >= 0.3 is 0 Å². The van der Waals surface area contributed by atoms with E-state index in [4.69, 9.17) is 34.8 Å². The van der Waals surface area contributed by atoms with Gasteiger partial charge in [0.05, 0.1) is 0 Å². The molecule has 8 heteroatoms. The molecule has 3 rings (SSSR count). The van der Waals surface area contributed by atoms with Crippen molar-refractivity contribution < 1.29 is 9.59 Å². The zero-order chi connectivity index (χ0) is 24.5. The first-order valence-corrected chi connectivity index (χ1v) is 13.9. The Morgan fingerprint density at radius 3 is 2.29 bits per heavy atom. The summed E-state index contributed by atoms with van der Waals surface area (Å²) in [5, 5.41) is 4.85. The predicted octanol–water partition coefficient (Wildman–Crippen LogP) is 7.39. The maximum absolute atomic E-state index is 13.4. The molecule has 1 N–H and O–H groups in total. The summed E-state index contributed by atoms with van der Waals surface area (Å²) in [5.41, 5.74) is 0.661. The maximum Gasteiger partial charge on any atom is 0.243 e. The summed E-state index contributed by atoms with van der Waals surface area (Å²) in [4.78, 5) is 29.4. The standard InChI is InChI=1S/C26H31Cl3N2O2S/c1-2-24(26(33)30-19-7-4-3-5-8-19)31(17-21-22(28)9-6-10-23(21)29)25(32)15-16-34-20-13-11-18(27)12-14-20/h6,9-14,19,24H,2-5,7-8,15-17H2,1H3,(H,30,33)/t24-/m1/s1. The van der Waals surface area contributed by atoms with Gasteiger partial charge in [0.15, 0.2) is 0 Å². The van der Waals surface area contributed by atoms with E-state index in [1.54, 1.807) is 34.9 Å². The molecule has 0 radical (unpaired) electrons. The summed E-state index contributed by atoms with van der Waals surface area (Å²) in [6, 6.07) is 12.4. The van der Waals surface area contributed by atoms with Gasteiger partial charge in [0.2, 0.25) is 11.8 Å². The minimum absolute atomic E-state index is 0.0944. The third-order valence-electron chi connectivity index (χ3n) is 6.13. The number of amides is 2. The minimum Gasteiger partial charge on any atom is -0.352 e. The maximum atomic E-state index is 13.4.